The summed E-state index contributed by atoms with van der Waals surface area (Å²) >= 11 is 6.28. The van der Waals surface area contributed by atoms with Gasteiger partial charge in [-0.1, -0.05) is 17.7 Å². The van der Waals surface area contributed by atoms with Gasteiger partial charge in [0.15, 0.2) is 0 Å². The summed E-state index contributed by atoms with van der Waals surface area (Å²) in [4.78, 5) is 7.13. The molecule has 2 atom stereocenters. The number of rotatable bonds is 2. The number of piperidine rings is 1. The lowest BCUT2D eigenvalue weighted by Crippen LogP contribution is -2.43. The van der Waals surface area contributed by atoms with Gasteiger partial charge in [0.25, 0.3) is 0 Å². The minimum atomic E-state index is 0.751. The number of likely N-dealkylation sites (tertiary alicyclic amines) is 1. The van der Waals surface area contributed by atoms with Crippen molar-refractivity contribution in [1.29, 1.82) is 0 Å². The van der Waals surface area contributed by atoms with E-state index in [0.29, 0.717) is 0 Å². The standard InChI is InChI=1S/C17H20ClN3/c18-15-4-3-13(17-14(15)2-1-7-20-17)11-21-9-6-16-12(10-21)5-8-19-16/h1-4,7,12,16,19H,5-6,8-11H2. The Kier molecular flexibility index (Phi) is 3.57. The van der Waals surface area contributed by atoms with E-state index < -0.39 is 0 Å². The number of nitrogens with zero attached hydrogens (tertiary/aromatic N) is 2. The van der Waals surface area contributed by atoms with E-state index in [-0.39, 0.29) is 0 Å². The van der Waals surface area contributed by atoms with E-state index in [1.165, 1.54) is 38.0 Å². The van der Waals surface area contributed by atoms with Crippen LogP contribution in [0.4, 0.5) is 0 Å². The van der Waals surface area contributed by atoms with Crippen molar-refractivity contribution >= 4 is 22.5 Å². The monoisotopic (exact) mass is 301 g/mol. The van der Waals surface area contributed by atoms with E-state index in [1.807, 2.05) is 18.3 Å². The van der Waals surface area contributed by atoms with Crippen LogP contribution in [0.1, 0.15) is 18.4 Å². The fourth-order valence-electron chi connectivity index (χ4n) is 3.83. The smallest absolute Gasteiger partial charge is 0.0761 e. The van der Waals surface area contributed by atoms with Gasteiger partial charge in [-0.2, -0.15) is 0 Å². The van der Waals surface area contributed by atoms with Crippen molar-refractivity contribution in [1.82, 2.24) is 15.2 Å². The van der Waals surface area contributed by atoms with E-state index in [0.717, 1.165) is 34.4 Å². The summed E-state index contributed by atoms with van der Waals surface area (Å²) in [6, 6.07) is 8.90. The quantitative estimate of drug-likeness (QED) is 0.924. The first kappa shape index (κ1) is 13.5. The molecule has 0 spiro atoms. The Morgan fingerprint density at radius 1 is 1.29 bits per heavy atom. The van der Waals surface area contributed by atoms with Crippen molar-refractivity contribution < 1.29 is 0 Å². The van der Waals surface area contributed by atoms with Crippen molar-refractivity contribution in [3.8, 4) is 0 Å². The molecule has 2 aliphatic heterocycles. The second kappa shape index (κ2) is 5.56. The predicted octanol–water partition coefficient (Wildman–Crippen LogP) is 3.07. The summed E-state index contributed by atoms with van der Waals surface area (Å²) in [6.45, 7) is 4.54. The highest BCUT2D eigenvalue weighted by atomic mass is 35.5. The Morgan fingerprint density at radius 2 is 2.24 bits per heavy atom. The molecular formula is C17H20ClN3. The minimum Gasteiger partial charge on any atom is -0.314 e. The number of aromatic nitrogens is 1. The lowest BCUT2D eigenvalue weighted by Gasteiger charge is -2.35. The van der Waals surface area contributed by atoms with Gasteiger partial charge in [0, 0.05) is 35.7 Å². The van der Waals surface area contributed by atoms with Crippen LogP contribution >= 0.6 is 11.6 Å². The number of fused-ring (bicyclic) bond motifs is 2. The van der Waals surface area contributed by atoms with E-state index in [1.54, 1.807) is 0 Å². The van der Waals surface area contributed by atoms with Gasteiger partial charge in [-0.25, -0.2) is 0 Å². The molecule has 21 heavy (non-hydrogen) atoms. The summed E-state index contributed by atoms with van der Waals surface area (Å²) in [5, 5.41) is 5.48. The van der Waals surface area contributed by atoms with Crippen LogP contribution in [0.15, 0.2) is 30.5 Å². The van der Waals surface area contributed by atoms with Crippen LogP contribution in [0.2, 0.25) is 5.02 Å². The minimum absolute atomic E-state index is 0.751. The van der Waals surface area contributed by atoms with Crippen LogP contribution in [0.3, 0.4) is 0 Å². The van der Waals surface area contributed by atoms with Gasteiger partial charge < -0.3 is 5.32 Å². The number of halogens is 1. The maximum Gasteiger partial charge on any atom is 0.0761 e. The van der Waals surface area contributed by atoms with Crippen LogP contribution in [-0.4, -0.2) is 35.6 Å². The molecule has 3 heterocycles. The molecule has 0 aliphatic carbocycles. The second-order valence-corrected chi connectivity index (χ2v) is 6.65. The summed E-state index contributed by atoms with van der Waals surface area (Å²) in [5.74, 6) is 0.824. The SMILES string of the molecule is Clc1ccc(CN2CCC3NCCC3C2)c2ncccc12. The first-order chi connectivity index (χ1) is 10.3. The van der Waals surface area contributed by atoms with E-state index in [2.05, 4.69) is 27.3 Å². The fraction of sp³-hybridized carbons (Fsp3) is 0.471. The lowest BCUT2D eigenvalue weighted by atomic mass is 9.93. The van der Waals surface area contributed by atoms with Crippen LogP contribution in [0, 0.1) is 5.92 Å². The molecule has 0 bridgehead atoms. The highest BCUT2D eigenvalue weighted by Crippen LogP contribution is 2.29. The molecule has 2 fully saturated rings. The molecule has 2 unspecified atom stereocenters. The molecule has 1 aromatic heterocycles. The average molecular weight is 302 g/mol. The average Bonchev–Trinajstić information content (AvgIpc) is 2.98. The second-order valence-electron chi connectivity index (χ2n) is 6.24. The van der Waals surface area contributed by atoms with Crippen molar-refractivity contribution in [2.45, 2.75) is 25.4 Å². The Morgan fingerprint density at radius 3 is 3.19 bits per heavy atom. The predicted molar refractivity (Wildman–Crippen MR) is 86.5 cm³/mol. The number of benzene rings is 1. The third-order valence-corrected chi connectivity index (χ3v) is 5.26. The highest BCUT2D eigenvalue weighted by Gasteiger charge is 2.32. The molecule has 3 nitrogen and oxygen atoms in total. The van der Waals surface area contributed by atoms with Gasteiger partial charge in [-0.3, -0.25) is 9.88 Å². The molecule has 0 radical (unpaired) electrons. The Hall–Kier alpha value is -1.16. The molecule has 4 heteroatoms. The van der Waals surface area contributed by atoms with Crippen LogP contribution in [-0.2, 0) is 6.54 Å². The molecule has 0 saturated carbocycles. The molecule has 1 aromatic carbocycles. The molecule has 110 valence electrons. The van der Waals surface area contributed by atoms with Crippen molar-refractivity contribution in [3.63, 3.8) is 0 Å². The summed E-state index contributed by atoms with van der Waals surface area (Å²) in [5.41, 5.74) is 2.34. The van der Waals surface area contributed by atoms with E-state index in [9.17, 15) is 0 Å². The third-order valence-electron chi connectivity index (χ3n) is 4.93. The molecular weight excluding hydrogens is 282 g/mol. The van der Waals surface area contributed by atoms with Gasteiger partial charge in [0.05, 0.1) is 5.52 Å². The number of nitrogens with one attached hydrogen (secondary N) is 1. The van der Waals surface area contributed by atoms with Gasteiger partial charge in [-0.05, 0) is 55.6 Å². The van der Waals surface area contributed by atoms with Gasteiger partial charge in [0.1, 0.15) is 0 Å². The molecule has 1 N–H and O–H groups in total. The van der Waals surface area contributed by atoms with Crippen molar-refractivity contribution in [2.24, 2.45) is 5.92 Å². The molecule has 4 rings (SSSR count). The lowest BCUT2D eigenvalue weighted by molar-refractivity contribution is 0.156. The largest absolute Gasteiger partial charge is 0.314 e. The summed E-state index contributed by atoms with van der Waals surface area (Å²) in [6.07, 6.45) is 4.44. The third kappa shape index (κ3) is 2.54. The van der Waals surface area contributed by atoms with Crippen molar-refractivity contribution in [3.05, 3.63) is 41.0 Å². The fourth-order valence-corrected chi connectivity index (χ4v) is 4.05. The van der Waals surface area contributed by atoms with Crippen molar-refractivity contribution in [2.75, 3.05) is 19.6 Å². The Balaban J connectivity index is 1.58. The number of pyridine rings is 1. The van der Waals surface area contributed by atoms with E-state index in [4.69, 9.17) is 11.6 Å². The zero-order chi connectivity index (χ0) is 14.2. The highest BCUT2D eigenvalue weighted by molar-refractivity contribution is 6.35. The molecule has 2 aromatic rings. The first-order valence-electron chi connectivity index (χ1n) is 7.79. The van der Waals surface area contributed by atoms with Crippen LogP contribution in [0.25, 0.3) is 10.9 Å². The van der Waals surface area contributed by atoms with E-state index >= 15 is 0 Å². The van der Waals surface area contributed by atoms with Crippen LogP contribution < -0.4 is 5.32 Å². The zero-order valence-corrected chi connectivity index (χ0v) is 12.8. The Labute approximate surface area is 130 Å². The normalized spacial score (nSPS) is 26.1. The topological polar surface area (TPSA) is 28.2 Å². The molecule has 2 saturated heterocycles. The first-order valence-corrected chi connectivity index (χ1v) is 8.17. The summed E-state index contributed by atoms with van der Waals surface area (Å²) < 4.78 is 0. The number of hydrogen-bond donors (Lipinski definition) is 1. The number of hydrogen-bond acceptors (Lipinski definition) is 3. The molecule has 0 amide bonds. The summed E-state index contributed by atoms with van der Waals surface area (Å²) in [7, 11) is 0. The maximum absolute atomic E-state index is 6.28. The Bertz CT molecular complexity index is 658. The van der Waals surface area contributed by atoms with Crippen LogP contribution in [0.5, 0.6) is 0 Å². The van der Waals surface area contributed by atoms with Gasteiger partial charge in [0.2, 0.25) is 0 Å². The maximum atomic E-state index is 6.28. The van der Waals surface area contributed by atoms with Gasteiger partial charge >= 0.3 is 0 Å². The molecule has 2 aliphatic rings. The van der Waals surface area contributed by atoms with Gasteiger partial charge in [-0.15, -0.1) is 0 Å². The zero-order valence-electron chi connectivity index (χ0n) is 12.1.